The minimum atomic E-state index is -1.00. The Morgan fingerprint density at radius 3 is 1.45 bits per heavy atom. The van der Waals surface area contributed by atoms with Crippen LogP contribution >= 0.6 is 22.7 Å². The third-order valence-corrected chi connectivity index (χ3v) is 16.2. The molecule has 2 atom stereocenters. The molecule has 4 N–H and O–H groups in total. The number of carboxylic acids is 1. The summed E-state index contributed by atoms with van der Waals surface area (Å²) in [4.78, 5) is 66.0. The molecule has 12 rings (SSSR count). The van der Waals surface area contributed by atoms with Crippen molar-refractivity contribution < 1.29 is 39.5 Å². The van der Waals surface area contributed by atoms with Crippen molar-refractivity contribution in [2.24, 2.45) is 0 Å². The van der Waals surface area contributed by atoms with Crippen LogP contribution in [0.1, 0.15) is 68.3 Å². The summed E-state index contributed by atoms with van der Waals surface area (Å²) in [5.74, 6) is 0.487. The number of nitrogens with zero attached hydrogens (tertiary/aromatic N) is 15. The first-order chi connectivity index (χ1) is 42.5. The van der Waals surface area contributed by atoms with Crippen LogP contribution in [-0.2, 0) is 35.3 Å². The van der Waals surface area contributed by atoms with Gasteiger partial charge in [0, 0.05) is 104 Å². The molecule has 0 spiro atoms. The van der Waals surface area contributed by atoms with Gasteiger partial charge in [-0.05, 0) is 105 Å². The normalized spacial score (nSPS) is 14.3. The molecule has 0 saturated carbocycles. The van der Waals surface area contributed by atoms with E-state index in [4.69, 9.17) is 31.5 Å². The number of alkyl halides is 1. The zero-order valence-electron chi connectivity index (χ0n) is 48.6. The van der Waals surface area contributed by atoms with E-state index in [0.717, 1.165) is 76.1 Å². The van der Waals surface area contributed by atoms with Gasteiger partial charge in [-0.1, -0.05) is 43.9 Å². The molecule has 2 saturated heterocycles. The Hall–Kier alpha value is -9.57. The summed E-state index contributed by atoms with van der Waals surface area (Å²) in [5.41, 5.74) is 8.75. The number of halogens is 3. The number of carboxylic acid groups (broad SMARTS) is 1. The van der Waals surface area contributed by atoms with Crippen LogP contribution in [0.5, 0.6) is 0 Å². The number of anilines is 4. The van der Waals surface area contributed by atoms with Crippen molar-refractivity contribution in [1.29, 1.82) is 10.5 Å². The molecule has 2 fully saturated rings. The standard InChI is InChI=1S/C30H27FN8O2S.C26H20FN7O2S.C4H9NO.CH3F.CH4/c1-3-23-29(37(2)30-36-28(24(13-32)42-30)18-4-7-21(31)8-5-18)39-16-19(6-9-26(39)35-23)20-14-33-25(34-15-20)12-27(41)38-11-10-22(40)17-38;1-3-19-25(33(2)26-32-24(20(11-28)37-26)15-4-7-18(27)8-5-15)34-14-16(6-9-22(34)31-19)17-12-29-21(30-13-17)10-23(35)36;6-4-1-2-5-3-4;1-2;/h4-9,14-16,22,40H,3,10-12,17H2,1-2H3;4-9,12-14H,3,10H2,1-2H3,(H,35,36);4-6H,1-3H2;1H3;1H4/t22-;;4-;;/m1.1../s1/i;;;1D;. The SMILES string of the molecule is C.CCc1nc2ccc(-c3cnc(CC(=O)N4CC[C@@H](O)C4)nc3)cn2c1N(C)c1nc(-c2ccc(F)cc2)c(C#N)s1.CCc1nc2ccc(-c3cnc(CC(=O)O)nc3)cn2c1N(C)c1nc(-c2ccc(F)cc2)c(C#N)s1.O[C@@H]1CCNC1.[2H]CF. The molecule has 21 nitrogen and oxygen atoms in total. The zero-order chi connectivity index (χ0) is 62.6. The fourth-order valence-corrected chi connectivity index (χ4v) is 11.4. The number of nitriles is 2. The summed E-state index contributed by atoms with van der Waals surface area (Å²) < 4.78 is 46.4. The van der Waals surface area contributed by atoms with Gasteiger partial charge in [-0.15, -0.1) is 0 Å². The van der Waals surface area contributed by atoms with Gasteiger partial charge in [0.1, 0.15) is 85.9 Å². The Bertz CT molecular complexity index is 4150. The average Bonchev–Trinajstić information content (AvgIpc) is 1.69. The summed E-state index contributed by atoms with van der Waals surface area (Å²) in [5, 5.41) is 51.1. The number of imidazole rings is 2. The molecule has 0 aliphatic carbocycles. The topological polar surface area (TPSA) is 276 Å². The number of aromatic nitrogens is 10. The quantitative estimate of drug-likeness (QED) is 0.0788. The molecule has 10 heterocycles. The number of nitrogens with one attached hydrogen (secondary N) is 1. The Morgan fingerprint density at radius 2 is 1.10 bits per heavy atom. The highest BCUT2D eigenvalue weighted by Gasteiger charge is 2.27. The van der Waals surface area contributed by atoms with E-state index in [1.165, 1.54) is 46.9 Å². The maximum absolute atomic E-state index is 13.5. The lowest BCUT2D eigenvalue weighted by atomic mass is 10.1. The number of hydrogen-bond acceptors (Lipinski definition) is 19. The van der Waals surface area contributed by atoms with Gasteiger partial charge in [-0.25, -0.2) is 48.7 Å². The Morgan fingerprint density at radius 1 is 0.670 bits per heavy atom. The lowest BCUT2D eigenvalue weighted by Crippen LogP contribution is -2.31. The van der Waals surface area contributed by atoms with E-state index < -0.39 is 19.2 Å². The van der Waals surface area contributed by atoms with Crippen LogP contribution in [0.25, 0.3) is 56.1 Å². The number of aliphatic hydroxyl groups excluding tert-OH is 2. The molecule has 0 radical (unpaired) electrons. The van der Waals surface area contributed by atoms with Gasteiger partial charge in [0.2, 0.25) is 5.91 Å². The van der Waals surface area contributed by atoms with E-state index in [1.807, 2.05) is 83.2 Å². The summed E-state index contributed by atoms with van der Waals surface area (Å²) in [6, 6.07) is 24.0. The number of β-amino-alcohol motifs (C(OH)–C–C–N with tert-alkyl or cyclic N) is 2. The van der Waals surface area contributed by atoms with Gasteiger partial charge in [0.25, 0.3) is 0 Å². The van der Waals surface area contributed by atoms with E-state index in [0.29, 0.717) is 80.7 Å². The maximum atomic E-state index is 13.5. The first kappa shape index (κ1) is 62.9. The highest BCUT2D eigenvalue weighted by Crippen LogP contribution is 2.39. The first-order valence-electron chi connectivity index (χ1n) is 28.1. The predicted molar refractivity (Wildman–Crippen MR) is 331 cm³/mol. The van der Waals surface area contributed by atoms with Gasteiger partial charge in [0.15, 0.2) is 10.3 Å². The molecule has 454 valence electrons. The zero-order valence-corrected chi connectivity index (χ0v) is 49.3. The predicted octanol–water partition coefficient (Wildman–Crippen LogP) is 9.84. The summed E-state index contributed by atoms with van der Waals surface area (Å²) >= 11 is 2.51. The first-order valence-corrected chi connectivity index (χ1v) is 29.0. The van der Waals surface area contributed by atoms with Crippen LogP contribution in [0.3, 0.4) is 0 Å². The van der Waals surface area contributed by atoms with Crippen molar-refractivity contribution in [3.63, 3.8) is 0 Å². The molecule has 0 unspecified atom stereocenters. The summed E-state index contributed by atoms with van der Waals surface area (Å²) in [7, 11) is 2.76. The van der Waals surface area contributed by atoms with Gasteiger partial charge < -0.3 is 35.3 Å². The van der Waals surface area contributed by atoms with Crippen molar-refractivity contribution in [2.45, 2.75) is 72.0 Å². The number of hydrogen-bond donors (Lipinski definition) is 4. The van der Waals surface area contributed by atoms with Gasteiger partial charge in [-0.3, -0.25) is 22.8 Å². The number of pyridine rings is 2. The molecular formula is C62H63F3N16O5S2. The number of aliphatic carboxylic acids is 1. The lowest BCUT2D eigenvalue weighted by molar-refractivity contribution is -0.136. The van der Waals surface area contributed by atoms with Crippen LogP contribution in [-0.4, -0.2) is 140 Å². The van der Waals surface area contributed by atoms with Crippen LogP contribution in [0.4, 0.5) is 35.1 Å². The van der Waals surface area contributed by atoms with Crippen LogP contribution in [0.15, 0.2) is 110 Å². The second kappa shape index (κ2) is 29.2. The number of carbonyl (C=O) groups is 2. The highest BCUT2D eigenvalue weighted by molar-refractivity contribution is 7.17. The number of aryl methyl sites for hydroxylation is 2. The fraction of sp³-hybridized carbons (Fsp3) is 0.290. The number of amides is 1. The Kier molecular flexibility index (Phi) is 20.9. The molecular weight excluding hydrogens is 1170 g/mol. The van der Waals surface area contributed by atoms with Crippen LogP contribution in [0.2, 0.25) is 0 Å². The molecule has 2 aliphatic rings. The third-order valence-electron chi connectivity index (χ3n) is 14.1. The van der Waals surface area contributed by atoms with Crippen molar-refractivity contribution in [3.8, 4) is 56.9 Å². The lowest BCUT2D eigenvalue weighted by Gasteiger charge is -2.17. The summed E-state index contributed by atoms with van der Waals surface area (Å²) in [6.07, 6.45) is 12.7. The molecule has 88 heavy (non-hydrogen) atoms. The van der Waals surface area contributed by atoms with Crippen molar-refractivity contribution in [3.05, 3.63) is 154 Å². The maximum Gasteiger partial charge on any atom is 0.311 e. The highest BCUT2D eigenvalue weighted by atomic mass is 32.1. The van der Waals surface area contributed by atoms with Crippen molar-refractivity contribution in [1.82, 2.24) is 58.9 Å². The monoisotopic (exact) mass is 1230 g/mol. The Labute approximate surface area is 514 Å². The smallest absolute Gasteiger partial charge is 0.311 e. The molecule has 10 aromatic rings. The summed E-state index contributed by atoms with van der Waals surface area (Å²) in [6.45, 7) is 6.72. The number of thiazole rings is 2. The largest absolute Gasteiger partial charge is 0.481 e. The van der Waals surface area contributed by atoms with Gasteiger partial charge in [0.05, 0.1) is 38.5 Å². The van der Waals surface area contributed by atoms with Crippen LogP contribution < -0.4 is 15.1 Å². The second-order valence-electron chi connectivity index (χ2n) is 19.9. The molecule has 2 aliphatic heterocycles. The molecule has 26 heteroatoms. The number of rotatable bonds is 14. The number of benzene rings is 2. The minimum absolute atomic E-state index is 0. The van der Waals surface area contributed by atoms with Crippen molar-refractivity contribution in [2.75, 3.05) is 57.2 Å². The van der Waals surface area contributed by atoms with Gasteiger partial charge >= 0.3 is 5.97 Å². The molecule has 8 aromatic heterocycles. The number of carbonyl (C=O) groups excluding carboxylic acids is 1. The number of likely N-dealkylation sites (tertiary alicyclic amines) is 1. The number of aliphatic hydroxyl groups is 2. The third kappa shape index (κ3) is 14.6. The number of fused-ring (bicyclic) bond motifs is 2. The van der Waals surface area contributed by atoms with E-state index in [1.54, 1.807) is 54.0 Å². The second-order valence-corrected chi connectivity index (χ2v) is 21.9. The molecule has 1 amide bonds. The van der Waals surface area contributed by atoms with E-state index in [2.05, 4.69) is 37.4 Å². The minimum Gasteiger partial charge on any atom is -0.481 e. The van der Waals surface area contributed by atoms with Crippen molar-refractivity contribution >= 4 is 67.7 Å². The fourth-order valence-electron chi connectivity index (χ4n) is 9.71. The van der Waals surface area contributed by atoms with E-state index in [-0.39, 0.29) is 49.7 Å². The van der Waals surface area contributed by atoms with Gasteiger partial charge in [-0.2, -0.15) is 10.5 Å². The molecule has 2 aromatic carbocycles. The average molecular weight is 1230 g/mol. The Balaban J connectivity index is 0.000000201. The van der Waals surface area contributed by atoms with E-state index >= 15 is 0 Å². The van der Waals surface area contributed by atoms with E-state index in [9.17, 15) is 38.4 Å². The van der Waals surface area contributed by atoms with Crippen LogP contribution in [0, 0.1) is 34.3 Å². The molecule has 0 bridgehead atoms.